The summed E-state index contributed by atoms with van der Waals surface area (Å²) < 4.78 is 25.2. The van der Waals surface area contributed by atoms with Crippen LogP contribution in [-0.4, -0.2) is 28.7 Å². The Kier molecular flexibility index (Phi) is 5.92. The van der Waals surface area contributed by atoms with Gasteiger partial charge in [0.2, 0.25) is 11.5 Å². The largest absolute Gasteiger partial charge is 0.463 e. The average Bonchev–Trinajstić information content (AvgIpc) is 3.50. The van der Waals surface area contributed by atoms with Crippen LogP contribution in [0, 0.1) is 35.5 Å². The van der Waals surface area contributed by atoms with Gasteiger partial charge in [0.1, 0.15) is 17.6 Å². The molecule has 0 atom stereocenters. The van der Waals surface area contributed by atoms with E-state index < -0.39 is 5.41 Å². The lowest BCUT2D eigenvalue weighted by Gasteiger charge is -2.31. The molecule has 0 unspecified atom stereocenters. The van der Waals surface area contributed by atoms with Crippen LogP contribution in [0.25, 0.3) is 0 Å². The minimum atomic E-state index is -0.482. The van der Waals surface area contributed by atoms with Crippen LogP contribution < -0.4 is 14.8 Å². The number of nitriles is 1. The number of carbonyl (C=O) groups excluding carboxylic acids is 2. The second-order valence-electron chi connectivity index (χ2n) is 8.07. The molecule has 6 rings (SSSR count). The van der Waals surface area contributed by atoms with Crippen LogP contribution in [0.1, 0.15) is 40.4 Å². The van der Waals surface area contributed by atoms with Gasteiger partial charge in [-0.3, -0.25) is 9.59 Å². The average molecular weight is 503 g/mol. The van der Waals surface area contributed by atoms with Gasteiger partial charge in [0, 0.05) is 7.05 Å². The number of carbonyl (C=O) groups is 2. The number of nitrogens with one attached hydrogen (secondary N) is 1. The Hall–Kier alpha value is -4.61. The van der Waals surface area contributed by atoms with Crippen LogP contribution in [-0.2, 0) is 20.9 Å². The normalized spacial score (nSPS) is 15.3. The van der Waals surface area contributed by atoms with E-state index in [1.807, 2.05) is 37.3 Å². The number of hydrogen-bond acceptors (Lipinski definition) is 11. The summed E-state index contributed by atoms with van der Waals surface area (Å²) in [6, 6.07) is 9.81. The van der Waals surface area contributed by atoms with E-state index in [1.54, 1.807) is 7.05 Å². The van der Waals surface area contributed by atoms with Crippen LogP contribution in [0.5, 0.6) is 11.8 Å². The molecule has 3 aliphatic rings. The van der Waals surface area contributed by atoms with Gasteiger partial charge < -0.3 is 23.9 Å². The molecule has 10 nitrogen and oxygen atoms in total. The molecule has 3 heterocycles. The SMILES string of the molecule is CNc1c(C#N)nsc1C#Cc1nc2c(o1)OC1=C(O2)C(=O)C12CC2.Cc1ccccc1COC=O. The monoisotopic (exact) mass is 502 g/mol. The minimum absolute atomic E-state index is 0.0314. The number of hydrogen-bond donors (Lipinski definition) is 1. The fourth-order valence-corrected chi connectivity index (χ4v) is 4.45. The summed E-state index contributed by atoms with van der Waals surface area (Å²) in [4.78, 5) is 26.6. The van der Waals surface area contributed by atoms with Crippen molar-refractivity contribution in [2.75, 3.05) is 12.4 Å². The first-order valence-corrected chi connectivity index (χ1v) is 11.6. The molecule has 1 fully saturated rings. The zero-order chi connectivity index (χ0) is 25.3. The van der Waals surface area contributed by atoms with Crippen molar-refractivity contribution < 1.29 is 28.2 Å². The van der Waals surface area contributed by atoms with E-state index in [4.69, 9.17) is 19.2 Å². The molecule has 36 heavy (non-hydrogen) atoms. The third-order valence-corrected chi connectivity index (χ3v) is 6.65. The Balaban J connectivity index is 0.000000205. The van der Waals surface area contributed by atoms with Gasteiger partial charge in [0.25, 0.3) is 12.4 Å². The fraction of sp³-hybridized carbons (Fsp3) is 0.240. The predicted octanol–water partition coefficient (Wildman–Crippen LogP) is 3.46. The molecule has 1 N–H and O–H groups in total. The molecule has 3 aromatic rings. The summed E-state index contributed by atoms with van der Waals surface area (Å²) in [6.07, 6.45) is 1.56. The lowest BCUT2D eigenvalue weighted by Crippen LogP contribution is -2.40. The molecule has 0 bridgehead atoms. The van der Waals surface area contributed by atoms with E-state index in [0.29, 0.717) is 29.4 Å². The van der Waals surface area contributed by atoms with E-state index in [-0.39, 0.29) is 35.0 Å². The van der Waals surface area contributed by atoms with Crippen LogP contribution in [0.15, 0.2) is 40.2 Å². The van der Waals surface area contributed by atoms with Gasteiger partial charge in [0.05, 0.1) is 11.1 Å². The van der Waals surface area contributed by atoms with Gasteiger partial charge in [-0.05, 0) is 54.3 Å². The van der Waals surface area contributed by atoms with Gasteiger partial charge in [-0.2, -0.15) is 14.6 Å². The first-order valence-electron chi connectivity index (χ1n) is 10.9. The zero-order valence-electron chi connectivity index (χ0n) is 19.2. The minimum Gasteiger partial charge on any atom is -0.463 e. The second-order valence-corrected chi connectivity index (χ2v) is 8.84. The van der Waals surface area contributed by atoms with Crippen molar-refractivity contribution in [1.82, 2.24) is 9.36 Å². The second kappa shape index (κ2) is 9.21. The van der Waals surface area contributed by atoms with Gasteiger partial charge in [-0.15, -0.1) is 0 Å². The van der Waals surface area contributed by atoms with Gasteiger partial charge >= 0.3 is 11.8 Å². The highest BCUT2D eigenvalue weighted by Crippen LogP contribution is 2.63. The van der Waals surface area contributed by atoms with Gasteiger partial charge in [-0.25, -0.2) is 0 Å². The third-order valence-electron chi connectivity index (χ3n) is 5.89. The summed E-state index contributed by atoms with van der Waals surface area (Å²) >= 11 is 1.11. The van der Waals surface area contributed by atoms with Gasteiger partial charge in [-0.1, -0.05) is 24.3 Å². The van der Waals surface area contributed by atoms with E-state index in [0.717, 1.165) is 35.5 Å². The number of rotatable bonds is 4. The maximum atomic E-state index is 12.0. The number of Topliss-reactive ketones (excluding diaryl/α,β-unsaturated/α-hetero) is 1. The highest BCUT2D eigenvalue weighted by Gasteiger charge is 2.67. The van der Waals surface area contributed by atoms with Crippen LogP contribution in [0.3, 0.4) is 0 Å². The highest BCUT2D eigenvalue weighted by molar-refractivity contribution is 7.07. The summed E-state index contributed by atoms with van der Waals surface area (Å²) in [7, 11) is 1.69. The Morgan fingerprint density at radius 2 is 2.08 bits per heavy atom. The number of ether oxygens (including phenoxy) is 3. The first-order chi connectivity index (χ1) is 17.5. The number of aromatic nitrogens is 2. The molecule has 0 saturated heterocycles. The number of ketones is 1. The van der Waals surface area contributed by atoms with Crippen LogP contribution in [0.2, 0.25) is 0 Å². The third kappa shape index (κ3) is 3.96. The summed E-state index contributed by atoms with van der Waals surface area (Å²) in [5, 5.41) is 11.9. The Morgan fingerprint density at radius 3 is 2.78 bits per heavy atom. The molecular formula is C25H18N4O6S. The van der Waals surface area contributed by atoms with E-state index >= 15 is 0 Å². The van der Waals surface area contributed by atoms with Crippen molar-refractivity contribution in [1.29, 1.82) is 5.26 Å². The highest BCUT2D eigenvalue weighted by atomic mass is 32.1. The maximum Gasteiger partial charge on any atom is 0.358 e. The summed E-state index contributed by atoms with van der Waals surface area (Å²) in [5.74, 6) is 6.66. The fourth-order valence-electron chi connectivity index (χ4n) is 3.75. The summed E-state index contributed by atoms with van der Waals surface area (Å²) in [6.45, 7) is 2.83. The molecule has 0 radical (unpaired) electrons. The van der Waals surface area contributed by atoms with Crippen molar-refractivity contribution >= 4 is 29.5 Å². The Labute approximate surface area is 209 Å². The zero-order valence-corrected chi connectivity index (χ0v) is 20.0. The number of benzene rings is 1. The Morgan fingerprint density at radius 1 is 1.28 bits per heavy atom. The molecule has 2 aliphatic carbocycles. The number of anilines is 1. The molecule has 1 saturated carbocycles. The van der Waals surface area contributed by atoms with Crippen molar-refractivity contribution in [3.05, 3.63) is 63.4 Å². The molecule has 1 aliphatic heterocycles. The van der Waals surface area contributed by atoms with E-state index in [1.165, 1.54) is 0 Å². The number of nitrogens with zero attached hydrogens (tertiary/aromatic N) is 3. The standard InChI is InChI=1S/C16H8N4O4S.C9H10O2/c1-18-10-7(6-17)20-25-8(10)2-3-9-19-14-15(22-9)24-13-11(23-14)12(21)16(13)4-5-16;1-8-4-2-3-5-9(8)6-11-7-10/h18H,4-5H2,1H3;2-5,7H,6H2,1H3. The van der Waals surface area contributed by atoms with Crippen molar-refractivity contribution in [3.8, 4) is 29.7 Å². The Bertz CT molecular complexity index is 1510. The molecule has 0 amide bonds. The maximum absolute atomic E-state index is 12.0. The quantitative estimate of drug-likeness (QED) is 0.417. The predicted molar refractivity (Wildman–Crippen MR) is 126 cm³/mol. The number of allylic oxidation sites excluding steroid dienone is 2. The molecule has 1 aromatic carbocycles. The smallest absolute Gasteiger partial charge is 0.358 e. The van der Waals surface area contributed by atoms with Crippen LogP contribution >= 0.6 is 11.5 Å². The van der Waals surface area contributed by atoms with Crippen molar-refractivity contribution in [2.24, 2.45) is 5.41 Å². The van der Waals surface area contributed by atoms with Crippen LogP contribution in [0.4, 0.5) is 5.69 Å². The molecular weight excluding hydrogens is 484 g/mol. The van der Waals surface area contributed by atoms with E-state index in [2.05, 4.69) is 31.3 Å². The lowest BCUT2D eigenvalue weighted by molar-refractivity contribution is -0.130. The summed E-state index contributed by atoms with van der Waals surface area (Å²) in [5.41, 5.74) is 2.57. The van der Waals surface area contributed by atoms with Gasteiger partial charge in [0.15, 0.2) is 11.5 Å². The lowest BCUT2D eigenvalue weighted by atomic mass is 9.84. The van der Waals surface area contributed by atoms with E-state index in [9.17, 15) is 9.59 Å². The van der Waals surface area contributed by atoms with Crippen molar-refractivity contribution in [3.63, 3.8) is 0 Å². The number of oxazole rings is 1. The number of fused-ring (bicyclic) bond motifs is 2. The molecule has 2 aromatic heterocycles. The molecule has 11 heteroatoms. The first kappa shape index (κ1) is 23.1. The van der Waals surface area contributed by atoms with Crippen molar-refractivity contribution in [2.45, 2.75) is 26.4 Å². The molecule has 180 valence electrons. The molecule has 1 spiro atoms. The topological polar surface area (TPSA) is 137 Å². The number of aryl methyl sites for hydroxylation is 1.